The van der Waals surface area contributed by atoms with Crippen molar-refractivity contribution in [3.8, 4) is 17.2 Å². The Labute approximate surface area is 152 Å². The number of methoxy groups -OCH3 is 1. The van der Waals surface area contributed by atoms with Gasteiger partial charge in [0.05, 0.1) is 7.11 Å². The maximum Gasteiger partial charge on any atom is 0.316 e. The highest BCUT2D eigenvalue weighted by atomic mass is 16.5. The number of piperidine rings is 1. The molecule has 0 unspecified atom stereocenters. The normalized spacial score (nSPS) is 19.2. The maximum atomic E-state index is 12.6. The summed E-state index contributed by atoms with van der Waals surface area (Å²) in [5.74, 6) is 1.26. The van der Waals surface area contributed by atoms with Gasteiger partial charge in [0.2, 0.25) is 11.8 Å². The molecule has 1 N–H and O–H groups in total. The Kier molecular flexibility index (Phi) is 4.30. The molecule has 2 aliphatic rings. The van der Waals surface area contributed by atoms with Gasteiger partial charge in [0.25, 0.3) is 0 Å². The number of likely N-dealkylation sites (tertiary alicyclic amines) is 1. The van der Waals surface area contributed by atoms with Gasteiger partial charge in [-0.25, -0.2) is 0 Å². The molecule has 1 spiro atoms. The van der Waals surface area contributed by atoms with Crippen molar-refractivity contribution in [1.29, 1.82) is 0 Å². The lowest BCUT2D eigenvalue weighted by molar-refractivity contribution is -0.133. The Balaban J connectivity index is 1.36. The lowest BCUT2D eigenvalue weighted by Crippen LogP contribution is -2.45. The summed E-state index contributed by atoms with van der Waals surface area (Å²) in [7, 11) is 1.62. The average molecular weight is 356 g/mol. The molecule has 1 aromatic heterocycles. The van der Waals surface area contributed by atoms with Crippen LogP contribution in [0.2, 0.25) is 0 Å². The van der Waals surface area contributed by atoms with Gasteiger partial charge in [-0.3, -0.25) is 4.79 Å². The first-order valence-corrected chi connectivity index (χ1v) is 9.12. The van der Waals surface area contributed by atoms with Crippen LogP contribution in [-0.4, -0.2) is 47.2 Å². The van der Waals surface area contributed by atoms with Crippen LogP contribution in [0.3, 0.4) is 0 Å². The SMILES string of the molecule is COc1ccc(-c2nnc(N[C@@H](C)C(=O)N3CCC4(CC3)CC4)o2)cc1. The Morgan fingerprint density at radius 3 is 2.50 bits per heavy atom. The summed E-state index contributed by atoms with van der Waals surface area (Å²) in [4.78, 5) is 14.6. The van der Waals surface area contributed by atoms with E-state index >= 15 is 0 Å². The zero-order valence-electron chi connectivity index (χ0n) is 15.2. The third kappa shape index (κ3) is 3.38. The summed E-state index contributed by atoms with van der Waals surface area (Å²) in [5, 5.41) is 11.1. The zero-order valence-corrected chi connectivity index (χ0v) is 15.2. The fourth-order valence-corrected chi connectivity index (χ4v) is 3.53. The first-order chi connectivity index (χ1) is 12.6. The molecule has 0 radical (unpaired) electrons. The van der Waals surface area contributed by atoms with Crippen molar-refractivity contribution >= 4 is 11.9 Å². The van der Waals surface area contributed by atoms with Crippen LogP contribution in [0.15, 0.2) is 28.7 Å². The minimum Gasteiger partial charge on any atom is -0.497 e. The highest BCUT2D eigenvalue weighted by Crippen LogP contribution is 2.53. The van der Waals surface area contributed by atoms with Crippen LogP contribution in [-0.2, 0) is 4.79 Å². The molecule has 1 saturated heterocycles. The molecular weight excluding hydrogens is 332 g/mol. The van der Waals surface area contributed by atoms with E-state index in [1.807, 2.05) is 36.1 Å². The van der Waals surface area contributed by atoms with Crippen LogP contribution in [0, 0.1) is 5.41 Å². The fourth-order valence-electron chi connectivity index (χ4n) is 3.53. The summed E-state index contributed by atoms with van der Waals surface area (Å²) >= 11 is 0. The number of carbonyl (C=O) groups is 1. The van der Waals surface area contributed by atoms with E-state index < -0.39 is 6.04 Å². The van der Waals surface area contributed by atoms with Gasteiger partial charge < -0.3 is 19.4 Å². The van der Waals surface area contributed by atoms with Crippen LogP contribution in [0.1, 0.15) is 32.6 Å². The van der Waals surface area contributed by atoms with E-state index in [9.17, 15) is 4.79 Å². The van der Waals surface area contributed by atoms with Crippen molar-refractivity contribution in [2.24, 2.45) is 5.41 Å². The topological polar surface area (TPSA) is 80.5 Å². The van der Waals surface area contributed by atoms with Gasteiger partial charge in [0, 0.05) is 18.7 Å². The smallest absolute Gasteiger partial charge is 0.316 e. The minimum atomic E-state index is -0.396. The first kappa shape index (κ1) is 16.9. The van der Waals surface area contributed by atoms with Gasteiger partial charge in [0.1, 0.15) is 11.8 Å². The van der Waals surface area contributed by atoms with E-state index in [0.29, 0.717) is 11.3 Å². The molecule has 1 atom stereocenters. The number of benzene rings is 1. The standard InChI is InChI=1S/C19H24N4O3/c1-13(17(24)23-11-9-19(7-8-19)10-12-23)20-18-22-21-16(26-18)14-3-5-15(25-2)6-4-14/h3-6,13H,7-12H2,1-2H3,(H,20,22)/t13-/m0/s1. The number of ether oxygens (including phenoxy) is 1. The molecule has 1 aliphatic heterocycles. The largest absolute Gasteiger partial charge is 0.497 e. The van der Waals surface area contributed by atoms with Gasteiger partial charge >= 0.3 is 6.01 Å². The van der Waals surface area contributed by atoms with Crippen LogP contribution in [0.4, 0.5) is 6.01 Å². The number of rotatable bonds is 5. The summed E-state index contributed by atoms with van der Waals surface area (Å²) in [6, 6.07) is 7.24. The molecule has 1 saturated carbocycles. The van der Waals surface area contributed by atoms with Gasteiger partial charge in [-0.2, -0.15) is 0 Å². The van der Waals surface area contributed by atoms with Gasteiger partial charge in [-0.15, -0.1) is 5.10 Å². The number of carbonyl (C=O) groups excluding carboxylic acids is 1. The Morgan fingerprint density at radius 1 is 1.19 bits per heavy atom. The first-order valence-electron chi connectivity index (χ1n) is 9.12. The third-order valence-electron chi connectivity index (χ3n) is 5.57. The molecule has 2 fully saturated rings. The van der Waals surface area contributed by atoms with E-state index in [4.69, 9.17) is 9.15 Å². The molecule has 7 nitrogen and oxygen atoms in total. The molecule has 138 valence electrons. The number of nitrogens with one attached hydrogen (secondary N) is 1. The van der Waals surface area contributed by atoms with Crippen molar-refractivity contribution in [2.75, 3.05) is 25.5 Å². The molecule has 1 amide bonds. The van der Waals surface area contributed by atoms with E-state index in [1.165, 1.54) is 12.8 Å². The molecule has 1 aromatic carbocycles. The molecule has 1 aliphatic carbocycles. The van der Waals surface area contributed by atoms with E-state index in [1.54, 1.807) is 7.11 Å². The van der Waals surface area contributed by atoms with E-state index in [0.717, 1.165) is 37.2 Å². The molecule has 2 aromatic rings. The minimum absolute atomic E-state index is 0.0877. The van der Waals surface area contributed by atoms with Gasteiger partial charge in [-0.05, 0) is 62.3 Å². The van der Waals surface area contributed by atoms with Crippen molar-refractivity contribution in [2.45, 2.75) is 38.6 Å². The van der Waals surface area contributed by atoms with Crippen molar-refractivity contribution in [3.63, 3.8) is 0 Å². The fraction of sp³-hybridized carbons (Fsp3) is 0.526. The molecule has 2 heterocycles. The number of nitrogens with zero attached hydrogens (tertiary/aromatic N) is 3. The summed E-state index contributed by atoms with van der Waals surface area (Å²) in [6.45, 7) is 3.54. The lowest BCUT2D eigenvalue weighted by Gasteiger charge is -2.33. The highest BCUT2D eigenvalue weighted by molar-refractivity contribution is 5.83. The highest BCUT2D eigenvalue weighted by Gasteiger charge is 2.45. The number of anilines is 1. The number of hydrogen-bond acceptors (Lipinski definition) is 6. The second-order valence-electron chi connectivity index (χ2n) is 7.33. The second kappa shape index (κ2) is 6.63. The Morgan fingerprint density at radius 2 is 1.88 bits per heavy atom. The number of hydrogen-bond donors (Lipinski definition) is 1. The molecule has 26 heavy (non-hydrogen) atoms. The molecular formula is C19H24N4O3. The maximum absolute atomic E-state index is 12.6. The van der Waals surface area contributed by atoms with Crippen LogP contribution in [0.25, 0.3) is 11.5 Å². The summed E-state index contributed by atoms with van der Waals surface area (Å²) < 4.78 is 10.8. The van der Waals surface area contributed by atoms with E-state index in [2.05, 4.69) is 15.5 Å². The molecule has 0 bridgehead atoms. The number of amides is 1. The summed E-state index contributed by atoms with van der Waals surface area (Å²) in [6.07, 6.45) is 4.93. The predicted octanol–water partition coefficient (Wildman–Crippen LogP) is 2.95. The van der Waals surface area contributed by atoms with Gasteiger partial charge in [0.15, 0.2) is 0 Å². The number of aromatic nitrogens is 2. The van der Waals surface area contributed by atoms with E-state index in [-0.39, 0.29) is 11.9 Å². The van der Waals surface area contributed by atoms with Crippen LogP contribution >= 0.6 is 0 Å². The zero-order chi connectivity index (χ0) is 18.1. The lowest BCUT2D eigenvalue weighted by atomic mass is 9.93. The molecule has 4 rings (SSSR count). The second-order valence-corrected chi connectivity index (χ2v) is 7.33. The predicted molar refractivity (Wildman–Crippen MR) is 96.9 cm³/mol. The monoisotopic (exact) mass is 356 g/mol. The van der Waals surface area contributed by atoms with Crippen molar-refractivity contribution in [3.05, 3.63) is 24.3 Å². The summed E-state index contributed by atoms with van der Waals surface area (Å²) in [5.41, 5.74) is 1.36. The average Bonchev–Trinajstić information content (AvgIpc) is 3.26. The van der Waals surface area contributed by atoms with Crippen molar-refractivity contribution < 1.29 is 13.9 Å². The quantitative estimate of drug-likeness (QED) is 0.887. The van der Waals surface area contributed by atoms with Crippen LogP contribution in [0.5, 0.6) is 5.75 Å². The Hall–Kier alpha value is -2.57. The van der Waals surface area contributed by atoms with Crippen LogP contribution < -0.4 is 10.1 Å². The Bertz CT molecular complexity index is 772. The van der Waals surface area contributed by atoms with Crippen molar-refractivity contribution in [1.82, 2.24) is 15.1 Å². The molecule has 7 heteroatoms. The third-order valence-corrected chi connectivity index (χ3v) is 5.57. The van der Waals surface area contributed by atoms with Gasteiger partial charge in [-0.1, -0.05) is 5.10 Å².